The van der Waals surface area contributed by atoms with Crippen molar-refractivity contribution in [3.63, 3.8) is 0 Å². The van der Waals surface area contributed by atoms with Crippen LogP contribution in [0.3, 0.4) is 0 Å². The Labute approximate surface area is 181 Å². The molecule has 1 saturated heterocycles. The number of carbonyl (C=O) groups excluding carboxylic acids is 1. The Morgan fingerprint density at radius 1 is 1.23 bits per heavy atom. The number of phenolic OH excluding ortho intramolecular Hbond substituents is 1. The highest BCUT2D eigenvalue weighted by molar-refractivity contribution is 5.78. The molecular weight excluding hydrogens is 400 g/mol. The number of nitrogens with one attached hydrogen (secondary N) is 1. The Hall–Kier alpha value is -2.97. The van der Waals surface area contributed by atoms with Crippen molar-refractivity contribution in [3.05, 3.63) is 47.0 Å². The van der Waals surface area contributed by atoms with Gasteiger partial charge >= 0.3 is 0 Å². The Bertz CT molecular complexity index is 957. The summed E-state index contributed by atoms with van der Waals surface area (Å²) in [6, 6.07) is 9.05. The largest absolute Gasteiger partial charge is 0.507 e. The molecule has 2 aliphatic heterocycles. The first-order chi connectivity index (χ1) is 15.0. The first-order valence-electron chi connectivity index (χ1n) is 10.4. The van der Waals surface area contributed by atoms with Crippen LogP contribution in [0.5, 0.6) is 17.2 Å². The van der Waals surface area contributed by atoms with Gasteiger partial charge < -0.3 is 34.6 Å². The van der Waals surface area contributed by atoms with Crippen molar-refractivity contribution in [3.8, 4) is 17.2 Å². The molecule has 4 rings (SSSR count). The van der Waals surface area contributed by atoms with Gasteiger partial charge in [0.2, 0.25) is 5.91 Å². The number of carbonyl (C=O) groups is 1. The van der Waals surface area contributed by atoms with Crippen LogP contribution in [-0.2, 0) is 16.0 Å². The quantitative estimate of drug-likeness (QED) is 0.648. The maximum absolute atomic E-state index is 13.1. The van der Waals surface area contributed by atoms with E-state index in [1.54, 1.807) is 11.0 Å². The van der Waals surface area contributed by atoms with Gasteiger partial charge in [0.1, 0.15) is 23.5 Å². The topological polar surface area (TPSA) is 100 Å². The molecule has 2 heterocycles. The summed E-state index contributed by atoms with van der Waals surface area (Å²) >= 11 is 0. The van der Waals surface area contributed by atoms with Crippen molar-refractivity contribution < 1.29 is 29.2 Å². The SMILES string of the molecule is COc1cc(O)c(C(CC(=O)N2CCOCC2)c2ccc3c(c2)CC(O)N3)c(OC)c1. The minimum Gasteiger partial charge on any atom is -0.507 e. The zero-order valence-corrected chi connectivity index (χ0v) is 17.8. The molecule has 2 aromatic rings. The van der Waals surface area contributed by atoms with Crippen molar-refractivity contribution in [2.24, 2.45) is 0 Å². The second-order valence-electron chi connectivity index (χ2n) is 7.79. The lowest BCUT2D eigenvalue weighted by Gasteiger charge is -2.29. The van der Waals surface area contributed by atoms with Crippen LogP contribution in [0.25, 0.3) is 0 Å². The van der Waals surface area contributed by atoms with Crippen LogP contribution in [-0.4, -0.2) is 67.8 Å². The molecule has 2 aromatic carbocycles. The van der Waals surface area contributed by atoms with Crippen LogP contribution < -0.4 is 14.8 Å². The predicted molar refractivity (Wildman–Crippen MR) is 115 cm³/mol. The summed E-state index contributed by atoms with van der Waals surface area (Å²) in [6.07, 6.45) is 0.0342. The molecular formula is C23H28N2O6. The molecule has 1 amide bonds. The smallest absolute Gasteiger partial charge is 0.223 e. The Morgan fingerprint density at radius 2 is 2.00 bits per heavy atom. The number of phenols is 1. The highest BCUT2D eigenvalue weighted by atomic mass is 16.5. The Balaban J connectivity index is 1.75. The number of ether oxygens (including phenoxy) is 3. The van der Waals surface area contributed by atoms with E-state index in [1.165, 1.54) is 20.3 Å². The number of aliphatic hydroxyl groups is 1. The fourth-order valence-electron chi connectivity index (χ4n) is 4.31. The number of rotatable bonds is 6. The third kappa shape index (κ3) is 4.40. The fraction of sp³-hybridized carbons (Fsp3) is 0.435. The van der Waals surface area contributed by atoms with Gasteiger partial charge in [-0.1, -0.05) is 12.1 Å². The molecule has 3 N–H and O–H groups in total. The zero-order valence-electron chi connectivity index (χ0n) is 17.8. The lowest BCUT2D eigenvalue weighted by molar-refractivity contribution is -0.135. The normalized spacial score (nSPS) is 18.8. The number of anilines is 1. The van der Waals surface area contributed by atoms with Gasteiger partial charge in [0, 0.05) is 55.2 Å². The van der Waals surface area contributed by atoms with E-state index in [0.29, 0.717) is 49.8 Å². The van der Waals surface area contributed by atoms with Crippen molar-refractivity contribution in [2.45, 2.75) is 25.0 Å². The molecule has 8 nitrogen and oxygen atoms in total. The summed E-state index contributed by atoms with van der Waals surface area (Å²) in [5.41, 5.74) is 3.26. The summed E-state index contributed by atoms with van der Waals surface area (Å²) in [5.74, 6) is 0.492. The molecule has 31 heavy (non-hydrogen) atoms. The number of aliphatic hydroxyl groups excluding tert-OH is 1. The predicted octanol–water partition coefficient (Wildman–Crippen LogP) is 2.08. The Kier molecular flexibility index (Phi) is 6.20. The van der Waals surface area contributed by atoms with Gasteiger partial charge in [-0.15, -0.1) is 0 Å². The summed E-state index contributed by atoms with van der Waals surface area (Å²) in [4.78, 5) is 14.9. The highest BCUT2D eigenvalue weighted by Crippen LogP contribution is 2.44. The number of morpholine rings is 1. The number of benzene rings is 2. The maximum atomic E-state index is 13.1. The van der Waals surface area contributed by atoms with Gasteiger partial charge in [-0.05, 0) is 17.2 Å². The Morgan fingerprint density at radius 3 is 2.71 bits per heavy atom. The summed E-state index contributed by atoms with van der Waals surface area (Å²) in [6.45, 7) is 2.15. The molecule has 0 saturated carbocycles. The standard InChI is InChI=1S/C23H28N2O6/c1-29-16-11-19(26)23(20(12-16)30-2)17(13-22(28)25-5-7-31-8-6-25)14-3-4-18-15(9-14)10-21(27)24-18/h3-4,9,11-12,17,21,24,26-27H,5-8,10,13H2,1-2H3. The van der Waals surface area contributed by atoms with Crippen LogP contribution in [0.4, 0.5) is 5.69 Å². The van der Waals surface area contributed by atoms with Crippen LogP contribution in [0.15, 0.2) is 30.3 Å². The van der Waals surface area contributed by atoms with E-state index in [0.717, 1.165) is 16.8 Å². The molecule has 166 valence electrons. The molecule has 1 fully saturated rings. The van der Waals surface area contributed by atoms with Gasteiger partial charge in [-0.3, -0.25) is 4.79 Å². The van der Waals surface area contributed by atoms with E-state index >= 15 is 0 Å². The fourth-order valence-corrected chi connectivity index (χ4v) is 4.31. The van der Waals surface area contributed by atoms with E-state index in [1.807, 2.05) is 18.2 Å². The van der Waals surface area contributed by atoms with E-state index in [-0.39, 0.29) is 18.1 Å². The molecule has 2 unspecified atom stereocenters. The molecule has 8 heteroatoms. The van der Waals surface area contributed by atoms with Crippen molar-refractivity contribution in [1.29, 1.82) is 0 Å². The molecule has 0 radical (unpaired) electrons. The van der Waals surface area contributed by atoms with Crippen molar-refractivity contribution in [1.82, 2.24) is 4.90 Å². The summed E-state index contributed by atoms with van der Waals surface area (Å²) in [7, 11) is 3.05. The van der Waals surface area contributed by atoms with E-state index < -0.39 is 12.1 Å². The molecule has 2 atom stereocenters. The second-order valence-corrected chi connectivity index (χ2v) is 7.79. The molecule has 0 spiro atoms. The van der Waals surface area contributed by atoms with Crippen LogP contribution in [0.2, 0.25) is 0 Å². The number of nitrogens with zero attached hydrogens (tertiary/aromatic N) is 1. The average molecular weight is 428 g/mol. The molecule has 2 aliphatic rings. The van der Waals surface area contributed by atoms with Crippen LogP contribution in [0, 0.1) is 0 Å². The van der Waals surface area contributed by atoms with E-state index in [4.69, 9.17) is 14.2 Å². The summed E-state index contributed by atoms with van der Waals surface area (Å²) in [5, 5.41) is 23.8. The maximum Gasteiger partial charge on any atom is 0.223 e. The van der Waals surface area contributed by atoms with Crippen molar-refractivity contribution >= 4 is 11.6 Å². The number of hydrogen-bond donors (Lipinski definition) is 3. The van der Waals surface area contributed by atoms with E-state index in [2.05, 4.69) is 5.32 Å². The number of amides is 1. The number of aromatic hydroxyl groups is 1. The van der Waals surface area contributed by atoms with Gasteiger partial charge in [-0.2, -0.15) is 0 Å². The van der Waals surface area contributed by atoms with Gasteiger partial charge in [0.05, 0.1) is 27.4 Å². The first-order valence-corrected chi connectivity index (χ1v) is 10.4. The second kappa shape index (κ2) is 9.03. The highest BCUT2D eigenvalue weighted by Gasteiger charge is 2.30. The van der Waals surface area contributed by atoms with Crippen LogP contribution >= 0.6 is 0 Å². The number of hydrogen-bond acceptors (Lipinski definition) is 7. The minimum atomic E-state index is -0.623. The average Bonchev–Trinajstić information content (AvgIpc) is 3.16. The van der Waals surface area contributed by atoms with Gasteiger partial charge in [-0.25, -0.2) is 0 Å². The van der Waals surface area contributed by atoms with Crippen LogP contribution in [0.1, 0.15) is 29.0 Å². The summed E-state index contributed by atoms with van der Waals surface area (Å²) < 4.78 is 16.2. The number of fused-ring (bicyclic) bond motifs is 1. The first kappa shape index (κ1) is 21.3. The monoisotopic (exact) mass is 428 g/mol. The van der Waals surface area contributed by atoms with Gasteiger partial charge in [0.15, 0.2) is 0 Å². The molecule has 0 aromatic heterocycles. The van der Waals surface area contributed by atoms with E-state index in [9.17, 15) is 15.0 Å². The molecule has 0 aliphatic carbocycles. The molecule has 0 bridgehead atoms. The lowest BCUT2D eigenvalue weighted by Crippen LogP contribution is -2.41. The minimum absolute atomic E-state index is 0.00892. The zero-order chi connectivity index (χ0) is 22.0. The van der Waals surface area contributed by atoms with Gasteiger partial charge in [0.25, 0.3) is 0 Å². The number of methoxy groups -OCH3 is 2. The van der Waals surface area contributed by atoms with Crippen molar-refractivity contribution in [2.75, 3.05) is 45.8 Å². The lowest BCUT2D eigenvalue weighted by atomic mass is 9.85. The third-order valence-electron chi connectivity index (χ3n) is 5.91. The third-order valence-corrected chi connectivity index (χ3v) is 5.91.